The Morgan fingerprint density at radius 3 is 2.17 bits per heavy atom. The lowest BCUT2D eigenvalue weighted by molar-refractivity contribution is 0.440. The summed E-state index contributed by atoms with van der Waals surface area (Å²) < 4.78 is 0. The van der Waals surface area contributed by atoms with Crippen LogP contribution < -0.4 is 0 Å². The second-order valence-electron chi connectivity index (χ2n) is 6.27. The van der Waals surface area contributed by atoms with Gasteiger partial charge in [0.25, 0.3) is 0 Å². The summed E-state index contributed by atoms with van der Waals surface area (Å²) in [7, 11) is 0. The Hall–Kier alpha value is -1.96. The zero-order chi connectivity index (χ0) is 17.2. The number of hydrogen-bond donors (Lipinski definition) is 2. The van der Waals surface area contributed by atoms with Crippen molar-refractivity contribution in [2.75, 3.05) is 0 Å². The number of allylic oxidation sites excluding steroid dienone is 6. The largest absolute Gasteiger partial charge is 0.508 e. The average Bonchev–Trinajstić information content (AvgIpc) is 2.46. The van der Waals surface area contributed by atoms with Crippen molar-refractivity contribution in [3.63, 3.8) is 0 Å². The van der Waals surface area contributed by atoms with E-state index in [9.17, 15) is 10.2 Å². The Morgan fingerprint density at radius 2 is 1.61 bits per heavy atom. The minimum atomic E-state index is 0.179. The van der Waals surface area contributed by atoms with Gasteiger partial charge in [0, 0.05) is 5.56 Å². The van der Waals surface area contributed by atoms with E-state index in [-0.39, 0.29) is 11.5 Å². The highest BCUT2D eigenvalue weighted by Gasteiger charge is 2.08. The van der Waals surface area contributed by atoms with Crippen LogP contribution in [0.5, 0.6) is 11.5 Å². The summed E-state index contributed by atoms with van der Waals surface area (Å²) in [4.78, 5) is 0. The molecular weight excluding hydrogens is 284 g/mol. The fourth-order valence-electron chi connectivity index (χ4n) is 2.38. The summed E-state index contributed by atoms with van der Waals surface area (Å²) in [6.07, 6.45) is 12.8. The van der Waals surface area contributed by atoms with Crippen molar-refractivity contribution < 1.29 is 10.2 Å². The fourth-order valence-corrected chi connectivity index (χ4v) is 2.38. The molecule has 0 saturated heterocycles. The quantitative estimate of drug-likeness (QED) is 0.592. The molecule has 0 radical (unpaired) electrons. The first-order valence-electron chi connectivity index (χ1n) is 8.41. The Morgan fingerprint density at radius 1 is 0.957 bits per heavy atom. The second kappa shape index (κ2) is 9.94. The zero-order valence-electron chi connectivity index (χ0n) is 14.9. The summed E-state index contributed by atoms with van der Waals surface area (Å²) in [5, 5.41) is 20.3. The Kier molecular flexibility index (Phi) is 8.25. The van der Waals surface area contributed by atoms with E-state index in [4.69, 9.17) is 0 Å². The van der Waals surface area contributed by atoms with Crippen LogP contribution in [-0.4, -0.2) is 10.2 Å². The number of phenolic OH excluding ortho intramolecular Hbond substituents is 2. The maximum absolute atomic E-state index is 10.2. The van der Waals surface area contributed by atoms with Gasteiger partial charge in [0.1, 0.15) is 11.5 Å². The van der Waals surface area contributed by atoms with Gasteiger partial charge in [0.15, 0.2) is 0 Å². The third-order valence-corrected chi connectivity index (χ3v) is 3.76. The maximum Gasteiger partial charge on any atom is 0.123 e. The van der Waals surface area contributed by atoms with Gasteiger partial charge in [-0.2, -0.15) is 0 Å². The van der Waals surface area contributed by atoms with Crippen molar-refractivity contribution in [2.45, 2.75) is 59.8 Å². The van der Waals surface area contributed by atoms with Crippen LogP contribution in [0, 0.1) is 0 Å². The first-order valence-corrected chi connectivity index (χ1v) is 8.41. The highest BCUT2D eigenvalue weighted by Crippen LogP contribution is 2.30. The molecule has 0 saturated carbocycles. The van der Waals surface area contributed by atoms with Crippen molar-refractivity contribution in [2.24, 2.45) is 0 Å². The smallest absolute Gasteiger partial charge is 0.123 e. The number of phenols is 2. The Balaban J connectivity index is 2.73. The van der Waals surface area contributed by atoms with Gasteiger partial charge in [-0.25, -0.2) is 0 Å². The van der Waals surface area contributed by atoms with E-state index in [2.05, 4.69) is 52.0 Å². The van der Waals surface area contributed by atoms with Crippen LogP contribution >= 0.6 is 0 Å². The van der Waals surface area contributed by atoms with E-state index in [1.165, 1.54) is 11.1 Å². The Bertz CT molecular complexity index is 565. The second-order valence-corrected chi connectivity index (χ2v) is 6.27. The fraction of sp³-hybridized carbons (Fsp3) is 0.429. The van der Waals surface area contributed by atoms with Crippen LogP contribution in [0.1, 0.15) is 58.1 Å². The minimum absolute atomic E-state index is 0.179. The Labute approximate surface area is 140 Å². The van der Waals surface area contributed by atoms with Crippen LogP contribution in [-0.2, 0) is 12.8 Å². The van der Waals surface area contributed by atoms with Crippen LogP contribution in [0.4, 0.5) is 0 Å². The standard InChI is InChI=1S/C21H30O2/c1-5-6-7-11-18-14-20(22)19(21(23)15-18)13-12-17(4)10-8-9-16(2)3/h6-7,9,12,14-15,22-23H,5,8,10-11,13H2,1-4H3/b7-6+,17-12+. The third kappa shape index (κ3) is 7.23. The number of benzene rings is 1. The molecule has 0 aromatic heterocycles. The lowest BCUT2D eigenvalue weighted by atomic mass is 10.0. The molecule has 0 atom stereocenters. The number of aromatic hydroxyl groups is 2. The van der Waals surface area contributed by atoms with E-state index in [0.29, 0.717) is 12.0 Å². The van der Waals surface area contributed by atoms with Gasteiger partial charge >= 0.3 is 0 Å². The molecule has 0 amide bonds. The molecule has 126 valence electrons. The van der Waals surface area contributed by atoms with E-state index >= 15 is 0 Å². The van der Waals surface area contributed by atoms with Crippen molar-refractivity contribution >= 4 is 0 Å². The molecule has 0 spiro atoms. The monoisotopic (exact) mass is 314 g/mol. The van der Waals surface area contributed by atoms with E-state index in [1.54, 1.807) is 12.1 Å². The molecule has 1 aromatic carbocycles. The molecule has 0 fully saturated rings. The van der Waals surface area contributed by atoms with Gasteiger partial charge in [-0.1, -0.05) is 42.4 Å². The van der Waals surface area contributed by atoms with Gasteiger partial charge in [-0.3, -0.25) is 0 Å². The summed E-state index contributed by atoms with van der Waals surface area (Å²) >= 11 is 0. The van der Waals surface area contributed by atoms with Crippen LogP contribution in [0.25, 0.3) is 0 Å². The van der Waals surface area contributed by atoms with Crippen LogP contribution in [0.15, 0.2) is 47.6 Å². The average molecular weight is 314 g/mol. The van der Waals surface area contributed by atoms with Gasteiger partial charge in [-0.15, -0.1) is 0 Å². The zero-order valence-corrected chi connectivity index (χ0v) is 14.9. The van der Waals surface area contributed by atoms with Crippen LogP contribution in [0.3, 0.4) is 0 Å². The molecule has 0 aliphatic rings. The molecule has 0 aliphatic carbocycles. The summed E-state index contributed by atoms with van der Waals surface area (Å²) in [6, 6.07) is 3.50. The molecule has 2 nitrogen and oxygen atoms in total. The van der Waals surface area contributed by atoms with E-state index in [0.717, 1.165) is 31.2 Å². The summed E-state index contributed by atoms with van der Waals surface area (Å²) in [5.74, 6) is 0.358. The molecular formula is C21H30O2. The van der Waals surface area contributed by atoms with Crippen molar-refractivity contribution in [3.05, 3.63) is 58.7 Å². The maximum atomic E-state index is 10.2. The molecule has 23 heavy (non-hydrogen) atoms. The number of rotatable bonds is 8. The highest BCUT2D eigenvalue weighted by molar-refractivity contribution is 5.48. The predicted octanol–water partition coefficient (Wildman–Crippen LogP) is 5.84. The summed E-state index contributed by atoms with van der Waals surface area (Å²) in [6.45, 7) is 8.39. The lowest BCUT2D eigenvalue weighted by Gasteiger charge is -2.08. The van der Waals surface area contributed by atoms with Gasteiger partial charge in [0.2, 0.25) is 0 Å². The van der Waals surface area contributed by atoms with Crippen molar-refractivity contribution in [1.82, 2.24) is 0 Å². The number of hydrogen-bond acceptors (Lipinski definition) is 2. The van der Waals surface area contributed by atoms with E-state index < -0.39 is 0 Å². The molecule has 0 unspecified atom stereocenters. The third-order valence-electron chi connectivity index (χ3n) is 3.76. The summed E-state index contributed by atoms with van der Waals surface area (Å²) in [5.41, 5.74) is 4.14. The molecule has 1 rings (SSSR count). The first kappa shape index (κ1) is 19.1. The molecule has 2 heteroatoms. The first-order chi connectivity index (χ1) is 10.9. The topological polar surface area (TPSA) is 40.5 Å². The van der Waals surface area contributed by atoms with E-state index in [1.807, 2.05) is 0 Å². The van der Waals surface area contributed by atoms with Crippen LogP contribution in [0.2, 0.25) is 0 Å². The molecule has 1 aromatic rings. The van der Waals surface area contributed by atoms with Gasteiger partial charge < -0.3 is 10.2 Å². The van der Waals surface area contributed by atoms with Gasteiger partial charge in [-0.05, 0) is 70.6 Å². The van der Waals surface area contributed by atoms with Gasteiger partial charge in [0.05, 0.1) is 0 Å². The molecule has 2 N–H and O–H groups in total. The normalized spacial score (nSPS) is 11.9. The lowest BCUT2D eigenvalue weighted by Crippen LogP contribution is -1.90. The van der Waals surface area contributed by atoms with Crippen molar-refractivity contribution in [3.8, 4) is 11.5 Å². The predicted molar refractivity (Wildman–Crippen MR) is 99.0 cm³/mol. The highest BCUT2D eigenvalue weighted by atomic mass is 16.3. The molecule has 0 aliphatic heterocycles. The SMILES string of the molecule is CC/C=C/Cc1cc(O)c(C/C=C(\C)CCC=C(C)C)c(O)c1. The molecule has 0 heterocycles. The van der Waals surface area contributed by atoms with Crippen molar-refractivity contribution in [1.29, 1.82) is 0 Å². The molecule has 0 bridgehead atoms. The minimum Gasteiger partial charge on any atom is -0.508 e.